The van der Waals surface area contributed by atoms with Gasteiger partial charge in [-0.15, -0.1) is 0 Å². The van der Waals surface area contributed by atoms with Gasteiger partial charge in [-0.25, -0.2) is 0 Å². The highest BCUT2D eigenvalue weighted by Gasteiger charge is 2.36. The number of thioether (sulfide) groups is 1. The molecule has 1 aliphatic heterocycles. The Kier molecular flexibility index (Phi) is 4.41. The van der Waals surface area contributed by atoms with Gasteiger partial charge in [0.05, 0.1) is 12.5 Å². The summed E-state index contributed by atoms with van der Waals surface area (Å²) >= 11 is 1.72. The lowest BCUT2D eigenvalue weighted by molar-refractivity contribution is -0.138. The van der Waals surface area contributed by atoms with Crippen molar-refractivity contribution >= 4 is 23.6 Å². The van der Waals surface area contributed by atoms with E-state index in [4.69, 9.17) is 0 Å². The van der Waals surface area contributed by atoms with Crippen molar-refractivity contribution < 1.29 is 9.59 Å². The molecule has 0 aromatic heterocycles. The third-order valence-corrected chi connectivity index (χ3v) is 2.87. The number of likely N-dealkylation sites (N-methyl/N-ethyl adjacent to an activating group) is 1. The zero-order chi connectivity index (χ0) is 10.6. The zero-order valence-electron chi connectivity index (χ0n) is 8.58. The molecule has 0 saturated carbocycles. The molecule has 0 radical (unpaired) electrons. The number of carbonyl (C=O) groups is 2. The highest BCUT2D eigenvalue weighted by Crippen LogP contribution is 2.12. The van der Waals surface area contributed by atoms with Crippen LogP contribution >= 0.6 is 11.8 Å². The smallest absolute Gasteiger partial charge is 0.246 e. The van der Waals surface area contributed by atoms with E-state index in [-0.39, 0.29) is 17.9 Å². The van der Waals surface area contributed by atoms with E-state index in [0.29, 0.717) is 13.0 Å². The van der Waals surface area contributed by atoms with E-state index in [1.807, 2.05) is 13.2 Å². The second-order valence-corrected chi connectivity index (χ2v) is 4.17. The van der Waals surface area contributed by atoms with Gasteiger partial charge in [0.25, 0.3) is 0 Å². The van der Waals surface area contributed by atoms with E-state index in [1.165, 1.54) is 4.90 Å². The molecule has 4 nitrogen and oxygen atoms in total. The summed E-state index contributed by atoms with van der Waals surface area (Å²) in [6, 6.07) is -0.283. The van der Waals surface area contributed by atoms with Crippen LogP contribution in [0.5, 0.6) is 0 Å². The Labute approximate surface area is 88.4 Å². The first-order valence-electron chi connectivity index (χ1n) is 4.77. The van der Waals surface area contributed by atoms with Gasteiger partial charge in [-0.3, -0.25) is 14.5 Å². The molecule has 1 saturated heterocycles. The Bertz CT molecular complexity index is 233. The molecule has 0 bridgehead atoms. The number of amides is 2. The van der Waals surface area contributed by atoms with E-state index in [9.17, 15) is 9.59 Å². The van der Waals surface area contributed by atoms with Crippen LogP contribution in [0.4, 0.5) is 0 Å². The molecule has 1 N–H and O–H groups in total. The van der Waals surface area contributed by atoms with Crippen molar-refractivity contribution in [1.29, 1.82) is 0 Å². The van der Waals surface area contributed by atoms with Gasteiger partial charge in [-0.1, -0.05) is 0 Å². The Morgan fingerprint density at radius 3 is 2.79 bits per heavy atom. The first kappa shape index (κ1) is 11.5. The monoisotopic (exact) mass is 216 g/mol. The molecule has 1 rings (SSSR count). The molecule has 1 fully saturated rings. The first-order chi connectivity index (χ1) is 6.70. The van der Waals surface area contributed by atoms with Crippen LogP contribution in [-0.4, -0.2) is 47.9 Å². The molecule has 5 heteroatoms. The molecule has 14 heavy (non-hydrogen) atoms. The van der Waals surface area contributed by atoms with Crippen LogP contribution in [0.1, 0.15) is 13.3 Å². The fourth-order valence-electron chi connectivity index (χ4n) is 1.51. The Balaban J connectivity index is 2.41. The van der Waals surface area contributed by atoms with Gasteiger partial charge in [0.15, 0.2) is 0 Å². The van der Waals surface area contributed by atoms with Crippen molar-refractivity contribution in [2.24, 2.45) is 0 Å². The van der Waals surface area contributed by atoms with Crippen LogP contribution in [0.3, 0.4) is 0 Å². The summed E-state index contributed by atoms with van der Waals surface area (Å²) < 4.78 is 0. The molecule has 0 aliphatic carbocycles. The summed E-state index contributed by atoms with van der Waals surface area (Å²) in [7, 11) is 0. The number of imide groups is 1. The van der Waals surface area contributed by atoms with E-state index < -0.39 is 0 Å². The lowest BCUT2D eigenvalue weighted by Crippen LogP contribution is -2.39. The van der Waals surface area contributed by atoms with Crippen molar-refractivity contribution in [3.8, 4) is 0 Å². The van der Waals surface area contributed by atoms with Crippen molar-refractivity contribution in [2.45, 2.75) is 19.4 Å². The van der Waals surface area contributed by atoms with Gasteiger partial charge in [0.2, 0.25) is 11.8 Å². The molecular weight excluding hydrogens is 200 g/mol. The molecule has 1 heterocycles. The molecule has 1 unspecified atom stereocenters. The molecule has 0 aromatic carbocycles. The van der Waals surface area contributed by atoms with Gasteiger partial charge in [0, 0.05) is 18.8 Å². The van der Waals surface area contributed by atoms with Gasteiger partial charge in [-0.05, 0) is 13.2 Å². The lowest BCUT2D eigenvalue weighted by atomic mass is 10.2. The highest BCUT2D eigenvalue weighted by atomic mass is 32.2. The maximum absolute atomic E-state index is 11.6. The minimum absolute atomic E-state index is 0.0563. The number of hydrogen-bond donors (Lipinski definition) is 1. The predicted molar refractivity (Wildman–Crippen MR) is 57.2 cm³/mol. The third-order valence-electron chi connectivity index (χ3n) is 2.26. The van der Waals surface area contributed by atoms with E-state index in [2.05, 4.69) is 5.32 Å². The highest BCUT2D eigenvalue weighted by molar-refractivity contribution is 7.98. The Hall–Kier alpha value is -0.550. The largest absolute Gasteiger partial charge is 0.305 e. The lowest BCUT2D eigenvalue weighted by Gasteiger charge is -2.12. The summed E-state index contributed by atoms with van der Waals surface area (Å²) in [5.41, 5.74) is 0. The van der Waals surface area contributed by atoms with E-state index >= 15 is 0 Å². The van der Waals surface area contributed by atoms with Gasteiger partial charge >= 0.3 is 0 Å². The summed E-state index contributed by atoms with van der Waals surface area (Å²) in [5.74, 6) is 0.835. The topological polar surface area (TPSA) is 49.4 Å². The van der Waals surface area contributed by atoms with E-state index in [1.54, 1.807) is 11.8 Å². The van der Waals surface area contributed by atoms with Gasteiger partial charge < -0.3 is 5.32 Å². The average Bonchev–Trinajstić information content (AvgIpc) is 2.42. The molecule has 0 spiro atoms. The SMILES string of the molecule is CCN1C(=O)CC(NCCSC)C1=O. The average molecular weight is 216 g/mol. The second kappa shape index (κ2) is 5.36. The van der Waals surface area contributed by atoms with Gasteiger partial charge in [0.1, 0.15) is 0 Å². The van der Waals surface area contributed by atoms with Crippen molar-refractivity contribution in [2.75, 3.05) is 25.1 Å². The molecule has 0 aromatic rings. The van der Waals surface area contributed by atoms with Crippen molar-refractivity contribution in [3.63, 3.8) is 0 Å². The van der Waals surface area contributed by atoms with Crippen LogP contribution in [0, 0.1) is 0 Å². The third kappa shape index (κ3) is 2.48. The Morgan fingerprint density at radius 2 is 2.29 bits per heavy atom. The number of carbonyl (C=O) groups excluding carboxylic acids is 2. The fraction of sp³-hybridized carbons (Fsp3) is 0.778. The zero-order valence-corrected chi connectivity index (χ0v) is 9.39. The molecule has 2 amide bonds. The predicted octanol–water partition coefficient (Wildman–Crippen LogP) is 0.0864. The number of nitrogens with one attached hydrogen (secondary N) is 1. The quantitative estimate of drug-likeness (QED) is 0.522. The summed E-state index contributed by atoms with van der Waals surface area (Å²) in [6.07, 6.45) is 2.34. The maximum Gasteiger partial charge on any atom is 0.246 e. The normalized spacial score (nSPS) is 22.1. The van der Waals surface area contributed by atoms with Crippen molar-refractivity contribution in [1.82, 2.24) is 10.2 Å². The Morgan fingerprint density at radius 1 is 1.57 bits per heavy atom. The minimum atomic E-state index is -0.283. The van der Waals surface area contributed by atoms with Crippen LogP contribution < -0.4 is 5.32 Å². The number of nitrogens with zero attached hydrogens (tertiary/aromatic N) is 1. The number of likely N-dealkylation sites (tertiary alicyclic amines) is 1. The summed E-state index contributed by atoms with van der Waals surface area (Å²) in [5, 5.41) is 3.09. The van der Waals surface area contributed by atoms with Crippen LogP contribution in [0.15, 0.2) is 0 Å². The number of rotatable bonds is 5. The minimum Gasteiger partial charge on any atom is -0.305 e. The van der Waals surface area contributed by atoms with Gasteiger partial charge in [-0.2, -0.15) is 11.8 Å². The van der Waals surface area contributed by atoms with Crippen LogP contribution in [0.2, 0.25) is 0 Å². The fourth-order valence-corrected chi connectivity index (χ4v) is 1.83. The van der Waals surface area contributed by atoms with Crippen molar-refractivity contribution in [3.05, 3.63) is 0 Å². The molecule has 1 aliphatic rings. The molecule has 80 valence electrons. The molecule has 1 atom stereocenters. The second-order valence-electron chi connectivity index (χ2n) is 3.18. The standard InChI is InChI=1S/C9H16N2O2S/c1-3-11-8(12)6-7(9(11)13)10-4-5-14-2/h7,10H,3-6H2,1-2H3. The van der Waals surface area contributed by atoms with Crippen LogP contribution in [0.25, 0.3) is 0 Å². The molecular formula is C9H16N2O2S. The summed E-state index contributed by atoms with van der Waals surface area (Å²) in [4.78, 5) is 24.2. The number of hydrogen-bond acceptors (Lipinski definition) is 4. The van der Waals surface area contributed by atoms with Crippen LogP contribution in [-0.2, 0) is 9.59 Å². The van der Waals surface area contributed by atoms with E-state index in [0.717, 1.165) is 12.3 Å². The summed E-state index contributed by atoms with van der Waals surface area (Å²) in [6.45, 7) is 3.08. The maximum atomic E-state index is 11.6. The first-order valence-corrected chi connectivity index (χ1v) is 6.16.